The van der Waals surface area contributed by atoms with Crippen LogP contribution in [0.2, 0.25) is 0 Å². The van der Waals surface area contributed by atoms with Gasteiger partial charge in [-0.25, -0.2) is 0 Å². The van der Waals surface area contributed by atoms with Crippen molar-refractivity contribution in [2.75, 3.05) is 29.9 Å². The van der Waals surface area contributed by atoms with Crippen molar-refractivity contribution in [1.82, 2.24) is 15.3 Å². The summed E-state index contributed by atoms with van der Waals surface area (Å²) in [6.07, 6.45) is 23.3. The molecule has 3 aromatic carbocycles. The largest absolute Gasteiger partial charge is 0.388 e. The van der Waals surface area contributed by atoms with Gasteiger partial charge in [-0.1, -0.05) is 49.2 Å². The highest BCUT2D eigenvalue weighted by Crippen LogP contribution is 2.54. The number of carbonyl (C=O) groups excluding carboxylic acids is 4. The van der Waals surface area contributed by atoms with Crippen LogP contribution in [0.5, 0.6) is 0 Å². The van der Waals surface area contributed by atoms with E-state index < -0.39 is 6.10 Å². The van der Waals surface area contributed by atoms with E-state index in [1.165, 1.54) is 61.0 Å². The molecule has 5 N–H and O–H groups in total. The highest BCUT2D eigenvalue weighted by molar-refractivity contribution is 6.04. The Kier molecular flexibility index (Phi) is 15.6. The molecule has 2 amide bonds. The molecule has 6 aliphatic carbocycles. The van der Waals surface area contributed by atoms with Crippen LogP contribution in [0.4, 0.5) is 11.4 Å². The van der Waals surface area contributed by atoms with Gasteiger partial charge >= 0.3 is 0 Å². The van der Waals surface area contributed by atoms with Crippen molar-refractivity contribution < 1.29 is 29.0 Å². The number of ether oxygens (including phenoxy) is 1. The van der Waals surface area contributed by atoms with Crippen molar-refractivity contribution in [1.29, 1.82) is 0 Å². The lowest BCUT2D eigenvalue weighted by atomic mass is 9.66. The van der Waals surface area contributed by atoms with Crippen LogP contribution in [0.15, 0.2) is 103 Å². The number of nitrogens with two attached hydrogens (primary N) is 1. The van der Waals surface area contributed by atoms with Crippen molar-refractivity contribution in [2.45, 2.75) is 171 Å². The number of hydrogen-bond donors (Lipinski definition) is 4. The van der Waals surface area contributed by atoms with Gasteiger partial charge in [-0.2, -0.15) is 0 Å². The third-order valence-electron chi connectivity index (χ3n) is 22.1. The summed E-state index contributed by atoms with van der Waals surface area (Å²) < 4.78 is 5.95. The lowest BCUT2D eigenvalue weighted by Crippen LogP contribution is -2.45. The van der Waals surface area contributed by atoms with E-state index in [1.807, 2.05) is 36.4 Å². The van der Waals surface area contributed by atoms with Crippen molar-refractivity contribution in [3.8, 4) is 0 Å². The number of carbonyl (C=O) groups is 4. The van der Waals surface area contributed by atoms with Crippen molar-refractivity contribution in [2.24, 2.45) is 52.6 Å². The fraction of sp³-hybridized carbons (Fsp3) is 0.543. The van der Waals surface area contributed by atoms with Crippen LogP contribution in [0.1, 0.15) is 194 Å². The minimum atomic E-state index is -0.566. The number of benzene rings is 3. The van der Waals surface area contributed by atoms with E-state index in [4.69, 9.17) is 20.4 Å². The number of rotatable bonds is 15. The van der Waals surface area contributed by atoms with E-state index in [-0.39, 0.29) is 70.0 Å². The maximum absolute atomic E-state index is 13.7. The third kappa shape index (κ3) is 11.1. The van der Waals surface area contributed by atoms with E-state index >= 15 is 0 Å². The fourth-order valence-corrected chi connectivity index (χ4v) is 16.4. The van der Waals surface area contributed by atoms with E-state index in [0.29, 0.717) is 54.2 Å². The number of ketones is 2. The number of pyridine rings is 2. The van der Waals surface area contributed by atoms with Crippen LogP contribution in [-0.2, 0) is 39.1 Å². The van der Waals surface area contributed by atoms with Crippen LogP contribution in [0.3, 0.4) is 0 Å². The predicted molar refractivity (Wildman–Crippen MR) is 318 cm³/mol. The van der Waals surface area contributed by atoms with Gasteiger partial charge in [0.1, 0.15) is 11.6 Å². The van der Waals surface area contributed by atoms with Gasteiger partial charge in [0.2, 0.25) is 0 Å². The predicted octanol–water partition coefficient (Wildman–Crippen LogP) is 12.0. The number of Topliss-reactive ketones (excluding diaryl/α,β-unsaturated/α-hetero) is 2. The Bertz CT molecular complexity index is 3150. The average Bonchev–Trinajstić information content (AvgIpc) is 3.82. The van der Waals surface area contributed by atoms with Gasteiger partial charge in [-0.15, -0.1) is 0 Å². The zero-order chi connectivity index (χ0) is 56.1. The molecule has 4 heterocycles. The van der Waals surface area contributed by atoms with Crippen LogP contribution in [0, 0.1) is 46.8 Å². The molecule has 10 atom stereocenters. The summed E-state index contributed by atoms with van der Waals surface area (Å²) in [4.78, 5) is 65.1. The second-order valence-electron chi connectivity index (χ2n) is 26.8. The molecule has 2 aromatic heterocycles. The molecule has 430 valence electrons. The number of anilines is 2. The van der Waals surface area contributed by atoms with Gasteiger partial charge in [0.15, 0.2) is 0 Å². The normalized spacial score (nSPS) is 31.2. The lowest BCUT2D eigenvalue weighted by molar-refractivity contribution is -0.137. The molecular weight excluding hydrogens is 1020 g/mol. The number of aliphatic hydroxyl groups is 1. The van der Waals surface area contributed by atoms with Crippen molar-refractivity contribution in [3.05, 3.63) is 154 Å². The Hall–Kier alpha value is -6.08. The second kappa shape index (κ2) is 23.2. The summed E-state index contributed by atoms with van der Waals surface area (Å²) >= 11 is 0. The second-order valence-corrected chi connectivity index (χ2v) is 26.8. The highest BCUT2D eigenvalue weighted by Gasteiger charge is 2.49. The number of amides is 2. The molecule has 2 saturated heterocycles. The fourth-order valence-electron chi connectivity index (χ4n) is 16.4. The van der Waals surface area contributed by atoms with E-state index in [9.17, 15) is 24.3 Å². The maximum atomic E-state index is 13.7. The molecule has 12 nitrogen and oxygen atoms in total. The molecule has 10 unspecified atom stereocenters. The van der Waals surface area contributed by atoms with Crippen molar-refractivity contribution >= 4 is 34.8 Å². The summed E-state index contributed by atoms with van der Waals surface area (Å²) in [5, 5.41) is 17.5. The van der Waals surface area contributed by atoms with Crippen LogP contribution < -0.4 is 21.3 Å². The first-order valence-corrected chi connectivity index (χ1v) is 31.6. The Morgan fingerprint density at radius 3 is 2.34 bits per heavy atom. The van der Waals surface area contributed by atoms with Gasteiger partial charge in [0.25, 0.3) is 11.8 Å². The Morgan fingerprint density at radius 1 is 0.768 bits per heavy atom. The molecule has 82 heavy (non-hydrogen) atoms. The number of aliphatic hydroxyl groups excluding tert-OH is 1. The summed E-state index contributed by atoms with van der Waals surface area (Å²) in [5.74, 6) is 2.49. The highest BCUT2D eigenvalue weighted by atomic mass is 16.5. The minimum absolute atomic E-state index is 0.0371. The standard InChI is InChI=1S/C70H84N6O6/c1-43-66(71)69(42-82-43)29-26-44(27-30-69)35-56-18-17-55(40-72-56)70(31-32-70)54-6-3-7-57(37-54)75-68(81)49-13-19-58(20-14-49)76-33-28-52(41-76)46-4-2-5-47(10-9-46)62-24-15-51(39-73-62)67(80)74-38-45-8-21-59-53(34-45)36-50(65(59)79)12-11-48-16-25-63(77)60-22-23-61(60)64(48)78/h3,6-8,13-15,17-21,24,34,37,39-40,43-44,46-48,50,52,60-61,65-66,79H,2,4-5,9-12,16,22-23,25-33,35-36,38,41-42,71H2,1H3,(H,74,80)(H,75,81). The molecule has 5 aromatic rings. The maximum Gasteiger partial charge on any atom is 0.255 e. The topological polar surface area (TPSA) is 177 Å². The number of aromatic nitrogens is 2. The number of nitrogens with zero attached hydrogens (tertiary/aromatic N) is 3. The van der Waals surface area contributed by atoms with Crippen LogP contribution >= 0.6 is 0 Å². The zero-order valence-electron chi connectivity index (χ0n) is 48.0. The van der Waals surface area contributed by atoms with Crippen LogP contribution in [-0.4, -0.2) is 70.3 Å². The van der Waals surface area contributed by atoms with E-state index in [1.54, 1.807) is 6.20 Å². The molecule has 8 aliphatic rings. The van der Waals surface area contributed by atoms with Gasteiger partial charge in [0.05, 0.1) is 24.4 Å². The van der Waals surface area contributed by atoms with E-state index in [2.05, 4.69) is 83.3 Å². The van der Waals surface area contributed by atoms with Gasteiger partial charge in [-0.05, 0) is 222 Å². The molecule has 2 aliphatic heterocycles. The summed E-state index contributed by atoms with van der Waals surface area (Å²) in [6, 6.07) is 31.3. The Labute approximate surface area is 484 Å². The summed E-state index contributed by atoms with van der Waals surface area (Å²) in [7, 11) is 0. The lowest BCUT2D eigenvalue weighted by Gasteiger charge is -2.39. The first-order chi connectivity index (χ1) is 39.9. The smallest absolute Gasteiger partial charge is 0.255 e. The van der Waals surface area contributed by atoms with E-state index in [0.717, 1.165) is 125 Å². The van der Waals surface area contributed by atoms with Gasteiger partial charge < -0.3 is 31.1 Å². The quantitative estimate of drug-likeness (QED) is 0.0738. The minimum Gasteiger partial charge on any atom is -0.388 e. The summed E-state index contributed by atoms with van der Waals surface area (Å²) in [6.45, 7) is 5.36. The average molecular weight is 1110 g/mol. The number of hydrogen-bond acceptors (Lipinski definition) is 10. The zero-order valence-corrected chi connectivity index (χ0v) is 48.0. The Morgan fingerprint density at radius 2 is 1.60 bits per heavy atom. The third-order valence-corrected chi connectivity index (χ3v) is 22.1. The molecular formula is C70H84N6O6. The number of nitrogens with one attached hydrogen (secondary N) is 2. The van der Waals surface area contributed by atoms with Gasteiger partial charge in [-0.3, -0.25) is 29.1 Å². The first kappa shape index (κ1) is 55.1. The van der Waals surface area contributed by atoms with Crippen molar-refractivity contribution in [3.63, 3.8) is 0 Å². The molecule has 0 radical (unpaired) electrons. The molecule has 1 spiro atoms. The molecule has 0 bridgehead atoms. The monoisotopic (exact) mass is 1100 g/mol. The number of fused-ring (bicyclic) bond motifs is 2. The molecule has 5 saturated carbocycles. The SMILES string of the molecule is CC1OCC2(CCC(Cc3ccc(C4(c5cccc(NC(=O)c6ccc(N7CCC(C8CCCC(c9ccc(C(=O)NCc%10ccc%11c(c%10)CC(CCC%10CCC(=O)C%12CCC%12C%10=O)C%11O)cn9)CC8)C7)cc6)c5)CC4)cn3)CC2)C1N. The first-order valence-electron chi connectivity index (χ1n) is 31.6. The molecule has 7 fully saturated rings. The Balaban J connectivity index is 0.543. The summed E-state index contributed by atoms with van der Waals surface area (Å²) in [5.41, 5.74) is 17.7. The molecule has 12 heteroatoms. The van der Waals surface area contributed by atoms with Crippen LogP contribution in [0.25, 0.3) is 0 Å². The molecule has 13 rings (SSSR count). The van der Waals surface area contributed by atoms with Gasteiger partial charge in [0, 0.05) is 107 Å².